The topological polar surface area (TPSA) is 39.2 Å². The molecule has 5 heteroatoms. The Labute approximate surface area is 152 Å². The van der Waals surface area contributed by atoms with Gasteiger partial charge in [-0.2, -0.15) is 0 Å². The number of aliphatic hydroxyl groups is 1. The Bertz CT molecular complexity index is 503. The second-order valence-corrected chi connectivity index (χ2v) is 7.61. The van der Waals surface area contributed by atoms with Crippen LogP contribution in [0.1, 0.15) is 25.5 Å². The van der Waals surface area contributed by atoms with Crippen molar-refractivity contribution >= 4 is 0 Å². The molecule has 2 aliphatic heterocycles. The Morgan fingerprint density at radius 1 is 1.04 bits per heavy atom. The number of aliphatic hydroxyl groups excluding tert-OH is 1. The predicted octanol–water partition coefficient (Wildman–Crippen LogP) is 1.45. The molecule has 0 unspecified atom stereocenters. The highest BCUT2D eigenvalue weighted by molar-refractivity contribution is 5.17. The maximum Gasteiger partial charge on any atom is 0.0916 e. The van der Waals surface area contributed by atoms with Crippen molar-refractivity contribution < 1.29 is 9.84 Å². The van der Waals surface area contributed by atoms with Gasteiger partial charge in [0.05, 0.1) is 18.8 Å². The number of β-amino-alcohol motifs (C(OH)–C–C–N with tert-alkyl or cyclic N) is 1. The standard InChI is InChI=1S/C20H33N3O2/c1-17(2)23-12-13-25-19(15-23)14-21-8-10-22(11-9-21)16-20(24)18-6-4-3-5-7-18/h3-7,17,19-20,24H,8-16H2,1-2H3/t19-,20-/m1/s1. The highest BCUT2D eigenvalue weighted by atomic mass is 16.5. The molecule has 3 rings (SSSR count). The number of rotatable bonds is 6. The van der Waals surface area contributed by atoms with Crippen molar-refractivity contribution in [3.63, 3.8) is 0 Å². The number of benzene rings is 1. The van der Waals surface area contributed by atoms with Crippen LogP contribution in [0.25, 0.3) is 0 Å². The number of morpholine rings is 1. The highest BCUT2D eigenvalue weighted by Crippen LogP contribution is 2.16. The van der Waals surface area contributed by atoms with Gasteiger partial charge in [0.25, 0.3) is 0 Å². The molecule has 25 heavy (non-hydrogen) atoms. The Kier molecular flexibility index (Phi) is 6.84. The molecule has 0 spiro atoms. The lowest BCUT2D eigenvalue weighted by Gasteiger charge is -2.40. The third kappa shape index (κ3) is 5.50. The number of hydrogen-bond acceptors (Lipinski definition) is 5. The van der Waals surface area contributed by atoms with E-state index in [4.69, 9.17) is 4.74 Å². The summed E-state index contributed by atoms with van der Waals surface area (Å²) in [7, 11) is 0. The van der Waals surface area contributed by atoms with Crippen molar-refractivity contribution in [3.8, 4) is 0 Å². The average Bonchev–Trinajstić information content (AvgIpc) is 2.64. The summed E-state index contributed by atoms with van der Waals surface area (Å²) in [6, 6.07) is 10.6. The normalized spacial score (nSPS) is 25.4. The Morgan fingerprint density at radius 2 is 1.72 bits per heavy atom. The minimum atomic E-state index is -0.394. The van der Waals surface area contributed by atoms with Gasteiger partial charge in [-0.05, 0) is 19.4 Å². The number of nitrogens with zero attached hydrogens (tertiary/aromatic N) is 3. The molecule has 2 atom stereocenters. The molecular weight excluding hydrogens is 314 g/mol. The van der Waals surface area contributed by atoms with Crippen molar-refractivity contribution in [1.29, 1.82) is 0 Å². The van der Waals surface area contributed by atoms with Crippen LogP contribution in [0.3, 0.4) is 0 Å². The summed E-state index contributed by atoms with van der Waals surface area (Å²) < 4.78 is 5.97. The van der Waals surface area contributed by atoms with Crippen LogP contribution >= 0.6 is 0 Å². The lowest BCUT2D eigenvalue weighted by Crippen LogP contribution is -2.53. The van der Waals surface area contributed by atoms with Crippen molar-refractivity contribution in [3.05, 3.63) is 35.9 Å². The SMILES string of the molecule is CC(C)N1CCO[C@H](CN2CCN(C[C@@H](O)c3ccccc3)CC2)C1. The van der Waals surface area contributed by atoms with E-state index >= 15 is 0 Å². The molecule has 2 fully saturated rings. The van der Waals surface area contributed by atoms with E-state index < -0.39 is 6.10 Å². The molecule has 2 heterocycles. The van der Waals surface area contributed by atoms with Gasteiger partial charge in [-0.15, -0.1) is 0 Å². The molecule has 1 aromatic carbocycles. The minimum Gasteiger partial charge on any atom is -0.387 e. The molecule has 0 bridgehead atoms. The van der Waals surface area contributed by atoms with Crippen LogP contribution < -0.4 is 0 Å². The van der Waals surface area contributed by atoms with Crippen LogP contribution in [0.15, 0.2) is 30.3 Å². The zero-order valence-corrected chi connectivity index (χ0v) is 15.7. The van der Waals surface area contributed by atoms with Crippen LogP contribution in [0.5, 0.6) is 0 Å². The van der Waals surface area contributed by atoms with E-state index in [1.165, 1.54) is 0 Å². The van der Waals surface area contributed by atoms with Gasteiger partial charge >= 0.3 is 0 Å². The van der Waals surface area contributed by atoms with Crippen molar-refractivity contribution in [2.24, 2.45) is 0 Å². The second kappa shape index (κ2) is 9.10. The molecule has 0 aliphatic carbocycles. The summed E-state index contributed by atoms with van der Waals surface area (Å²) in [4.78, 5) is 7.40. The fourth-order valence-corrected chi connectivity index (χ4v) is 3.79. The number of ether oxygens (including phenoxy) is 1. The maximum absolute atomic E-state index is 10.4. The van der Waals surface area contributed by atoms with Crippen molar-refractivity contribution in [1.82, 2.24) is 14.7 Å². The Morgan fingerprint density at radius 3 is 2.40 bits per heavy atom. The van der Waals surface area contributed by atoms with E-state index in [-0.39, 0.29) is 0 Å². The molecule has 0 aromatic heterocycles. The third-order valence-corrected chi connectivity index (χ3v) is 5.44. The van der Waals surface area contributed by atoms with Gasteiger partial charge in [-0.25, -0.2) is 0 Å². The monoisotopic (exact) mass is 347 g/mol. The van der Waals surface area contributed by atoms with Crippen LogP contribution in [0, 0.1) is 0 Å². The fraction of sp³-hybridized carbons (Fsp3) is 0.700. The van der Waals surface area contributed by atoms with Crippen molar-refractivity contribution in [2.75, 3.05) is 59.0 Å². The average molecular weight is 348 g/mol. The lowest BCUT2D eigenvalue weighted by molar-refractivity contribution is -0.0573. The first-order valence-corrected chi connectivity index (χ1v) is 9.65. The Balaban J connectivity index is 1.40. The summed E-state index contributed by atoms with van der Waals surface area (Å²) in [5, 5.41) is 10.4. The zero-order chi connectivity index (χ0) is 17.6. The predicted molar refractivity (Wildman–Crippen MR) is 101 cm³/mol. The molecule has 0 saturated carbocycles. The number of hydrogen-bond donors (Lipinski definition) is 1. The zero-order valence-electron chi connectivity index (χ0n) is 15.7. The smallest absolute Gasteiger partial charge is 0.0916 e. The van der Waals surface area contributed by atoms with Gasteiger partial charge in [0, 0.05) is 58.4 Å². The van der Waals surface area contributed by atoms with Crippen molar-refractivity contribution in [2.45, 2.75) is 32.1 Å². The second-order valence-electron chi connectivity index (χ2n) is 7.61. The molecule has 5 nitrogen and oxygen atoms in total. The van der Waals surface area contributed by atoms with Crippen LogP contribution in [0.4, 0.5) is 0 Å². The Hall–Kier alpha value is -0.980. The molecule has 1 aromatic rings. The van der Waals surface area contributed by atoms with Gasteiger partial charge in [-0.1, -0.05) is 30.3 Å². The van der Waals surface area contributed by atoms with Gasteiger partial charge < -0.3 is 9.84 Å². The van der Waals surface area contributed by atoms with E-state index in [0.29, 0.717) is 12.1 Å². The van der Waals surface area contributed by atoms with Gasteiger partial charge in [0.1, 0.15) is 0 Å². The molecule has 0 amide bonds. The largest absolute Gasteiger partial charge is 0.387 e. The van der Waals surface area contributed by atoms with E-state index in [2.05, 4.69) is 28.5 Å². The van der Waals surface area contributed by atoms with E-state index in [0.717, 1.165) is 64.5 Å². The van der Waals surface area contributed by atoms with Gasteiger partial charge in [-0.3, -0.25) is 14.7 Å². The molecular formula is C20H33N3O2. The van der Waals surface area contributed by atoms with Crippen LogP contribution in [-0.2, 0) is 4.74 Å². The molecule has 2 aliphatic rings. The van der Waals surface area contributed by atoms with E-state index in [1.807, 2.05) is 30.3 Å². The molecule has 140 valence electrons. The van der Waals surface area contributed by atoms with E-state index in [9.17, 15) is 5.11 Å². The van der Waals surface area contributed by atoms with Gasteiger partial charge in [0.2, 0.25) is 0 Å². The van der Waals surface area contributed by atoms with Crippen LogP contribution in [0.2, 0.25) is 0 Å². The summed E-state index contributed by atoms with van der Waals surface area (Å²) >= 11 is 0. The van der Waals surface area contributed by atoms with Crippen LogP contribution in [-0.4, -0.2) is 90.9 Å². The van der Waals surface area contributed by atoms with E-state index in [1.54, 1.807) is 0 Å². The van der Waals surface area contributed by atoms with Gasteiger partial charge in [0.15, 0.2) is 0 Å². The summed E-state index contributed by atoms with van der Waals surface area (Å²) in [6.07, 6.45) is -0.0633. The summed E-state index contributed by atoms with van der Waals surface area (Å²) in [5.41, 5.74) is 1.01. The first-order valence-electron chi connectivity index (χ1n) is 9.65. The quantitative estimate of drug-likeness (QED) is 0.843. The highest BCUT2D eigenvalue weighted by Gasteiger charge is 2.26. The number of piperazine rings is 1. The first-order chi connectivity index (χ1) is 12.1. The first kappa shape index (κ1) is 18.8. The molecule has 2 saturated heterocycles. The summed E-state index contributed by atoms with van der Waals surface area (Å²) in [6.45, 7) is 13.4. The fourth-order valence-electron chi connectivity index (χ4n) is 3.79. The minimum absolute atomic E-state index is 0.331. The maximum atomic E-state index is 10.4. The third-order valence-electron chi connectivity index (χ3n) is 5.44. The molecule has 0 radical (unpaired) electrons. The lowest BCUT2D eigenvalue weighted by atomic mass is 10.1. The molecule has 1 N–H and O–H groups in total. The summed E-state index contributed by atoms with van der Waals surface area (Å²) in [5.74, 6) is 0.